The number of nitrogens with one attached hydrogen (secondary N) is 2. The van der Waals surface area contributed by atoms with Crippen LogP contribution in [-0.2, 0) is 4.79 Å². The third-order valence-corrected chi connectivity index (χ3v) is 5.98. The second-order valence-electron chi connectivity index (χ2n) is 7.06. The minimum absolute atomic E-state index is 0.0165. The Morgan fingerprint density at radius 1 is 1.11 bits per heavy atom. The number of halogens is 3. The summed E-state index contributed by atoms with van der Waals surface area (Å²) in [6.07, 6.45) is 2.62. The van der Waals surface area contributed by atoms with Crippen molar-refractivity contribution < 1.29 is 13.6 Å². The highest BCUT2D eigenvalue weighted by Crippen LogP contribution is 2.34. The normalized spacial score (nSPS) is 19.7. The number of rotatable bonds is 3. The second kappa shape index (κ2) is 7.50. The number of hydrogen-bond acceptors (Lipinski definition) is 2. The summed E-state index contributed by atoms with van der Waals surface area (Å²) in [5, 5.41) is 2.65. The molecular weight excluding hydrogens is 432 g/mol. The number of nitrogens with zero attached hydrogens (tertiary/aromatic N) is 1. The first-order valence-electron chi connectivity index (χ1n) is 9.08. The number of imidazole rings is 1. The van der Waals surface area contributed by atoms with Gasteiger partial charge in [-0.15, -0.1) is 0 Å². The SMILES string of the molecule is O=c1[nH]c2c(Br)cccc2n1[C@H]1CC[C@@H](C(=O)Nc2ccc(F)c(F)c2)CC1. The van der Waals surface area contributed by atoms with E-state index in [9.17, 15) is 18.4 Å². The highest BCUT2D eigenvalue weighted by molar-refractivity contribution is 9.10. The topological polar surface area (TPSA) is 66.9 Å². The lowest BCUT2D eigenvalue weighted by Gasteiger charge is -2.28. The molecule has 8 heteroatoms. The van der Waals surface area contributed by atoms with Crippen LogP contribution in [0.2, 0.25) is 0 Å². The summed E-state index contributed by atoms with van der Waals surface area (Å²) in [4.78, 5) is 27.8. The molecule has 0 unspecified atom stereocenters. The van der Waals surface area contributed by atoms with Gasteiger partial charge in [0.05, 0.1) is 11.0 Å². The zero-order valence-corrected chi connectivity index (χ0v) is 16.4. The van der Waals surface area contributed by atoms with Gasteiger partial charge in [0.1, 0.15) is 0 Å². The number of H-pyrrole nitrogens is 1. The third kappa shape index (κ3) is 3.48. The lowest BCUT2D eigenvalue weighted by molar-refractivity contribution is -0.121. The molecule has 0 bridgehead atoms. The van der Waals surface area contributed by atoms with Crippen molar-refractivity contribution in [3.63, 3.8) is 0 Å². The Morgan fingerprint density at radius 2 is 1.86 bits per heavy atom. The predicted octanol–water partition coefficient (Wildman–Crippen LogP) is 4.74. The van der Waals surface area contributed by atoms with E-state index in [1.54, 1.807) is 4.57 Å². The van der Waals surface area contributed by atoms with Crippen LogP contribution in [0.5, 0.6) is 0 Å². The molecule has 1 amide bonds. The van der Waals surface area contributed by atoms with Crippen LogP contribution >= 0.6 is 15.9 Å². The summed E-state index contributed by atoms with van der Waals surface area (Å²) in [5.41, 5.74) is 1.69. The molecule has 1 aliphatic rings. The van der Waals surface area contributed by atoms with E-state index in [0.29, 0.717) is 25.7 Å². The molecule has 4 rings (SSSR count). The Bertz CT molecular complexity index is 1100. The fourth-order valence-corrected chi connectivity index (χ4v) is 4.35. The molecule has 1 aliphatic carbocycles. The molecule has 0 aliphatic heterocycles. The Hall–Kier alpha value is -2.48. The van der Waals surface area contributed by atoms with E-state index in [1.807, 2.05) is 18.2 Å². The Balaban J connectivity index is 1.45. The van der Waals surface area contributed by atoms with Gasteiger partial charge in [-0.1, -0.05) is 6.07 Å². The lowest BCUT2D eigenvalue weighted by Crippen LogP contribution is -2.31. The van der Waals surface area contributed by atoms with Crippen LogP contribution in [0.1, 0.15) is 31.7 Å². The van der Waals surface area contributed by atoms with Crippen molar-refractivity contribution in [2.75, 3.05) is 5.32 Å². The molecule has 0 saturated heterocycles. The number of aromatic amines is 1. The Labute approximate surface area is 167 Å². The van der Waals surface area contributed by atoms with Crippen LogP contribution in [0.25, 0.3) is 11.0 Å². The second-order valence-corrected chi connectivity index (χ2v) is 7.91. The van der Waals surface area contributed by atoms with Gasteiger partial charge in [0.2, 0.25) is 5.91 Å². The molecule has 146 valence electrons. The molecule has 5 nitrogen and oxygen atoms in total. The van der Waals surface area contributed by atoms with E-state index >= 15 is 0 Å². The number of amides is 1. The van der Waals surface area contributed by atoms with Crippen molar-refractivity contribution in [2.45, 2.75) is 31.7 Å². The number of aromatic nitrogens is 2. The maximum Gasteiger partial charge on any atom is 0.326 e. The minimum Gasteiger partial charge on any atom is -0.326 e. The lowest BCUT2D eigenvalue weighted by atomic mass is 9.85. The molecule has 0 atom stereocenters. The van der Waals surface area contributed by atoms with Crippen LogP contribution in [-0.4, -0.2) is 15.5 Å². The summed E-state index contributed by atoms with van der Waals surface area (Å²) in [5.74, 6) is -2.38. The van der Waals surface area contributed by atoms with E-state index in [4.69, 9.17) is 0 Å². The van der Waals surface area contributed by atoms with Gasteiger partial charge in [-0.2, -0.15) is 0 Å². The molecule has 2 aromatic carbocycles. The molecule has 28 heavy (non-hydrogen) atoms. The summed E-state index contributed by atoms with van der Waals surface area (Å²) >= 11 is 3.45. The maximum absolute atomic E-state index is 13.3. The molecular formula is C20H18BrF2N3O2. The summed E-state index contributed by atoms with van der Waals surface area (Å²) in [6, 6.07) is 8.98. The van der Waals surface area contributed by atoms with E-state index in [0.717, 1.165) is 27.6 Å². The molecule has 1 heterocycles. The quantitative estimate of drug-likeness (QED) is 0.606. The fourth-order valence-electron chi connectivity index (χ4n) is 3.89. The fraction of sp³-hybridized carbons (Fsp3) is 0.300. The van der Waals surface area contributed by atoms with E-state index in [1.165, 1.54) is 6.07 Å². The molecule has 1 aromatic heterocycles. The number of fused-ring (bicyclic) bond motifs is 1. The summed E-state index contributed by atoms with van der Waals surface area (Å²) < 4.78 is 28.9. The predicted molar refractivity (Wildman–Crippen MR) is 106 cm³/mol. The van der Waals surface area contributed by atoms with Gasteiger partial charge in [0.15, 0.2) is 11.6 Å². The van der Waals surface area contributed by atoms with Crippen molar-refractivity contribution in [3.05, 3.63) is 63.0 Å². The summed E-state index contributed by atoms with van der Waals surface area (Å²) in [7, 11) is 0. The van der Waals surface area contributed by atoms with E-state index in [-0.39, 0.29) is 29.2 Å². The van der Waals surface area contributed by atoms with E-state index in [2.05, 4.69) is 26.2 Å². The Kier molecular flexibility index (Phi) is 5.05. The van der Waals surface area contributed by atoms with Crippen LogP contribution in [0.3, 0.4) is 0 Å². The van der Waals surface area contributed by atoms with Crippen molar-refractivity contribution in [2.24, 2.45) is 5.92 Å². The first kappa shape index (κ1) is 18.9. The van der Waals surface area contributed by atoms with Gasteiger partial charge in [-0.3, -0.25) is 9.36 Å². The summed E-state index contributed by atoms with van der Waals surface area (Å²) in [6.45, 7) is 0. The number of benzene rings is 2. The minimum atomic E-state index is -0.994. The van der Waals surface area contributed by atoms with Crippen LogP contribution < -0.4 is 11.0 Å². The number of anilines is 1. The van der Waals surface area contributed by atoms with Gasteiger partial charge in [-0.05, 0) is 65.9 Å². The first-order chi connectivity index (χ1) is 13.4. The smallest absolute Gasteiger partial charge is 0.326 e. The molecule has 0 radical (unpaired) electrons. The average Bonchev–Trinajstić information content (AvgIpc) is 3.02. The average molecular weight is 450 g/mol. The number of carbonyl (C=O) groups is 1. The van der Waals surface area contributed by atoms with Crippen molar-refractivity contribution in [3.8, 4) is 0 Å². The van der Waals surface area contributed by atoms with Crippen molar-refractivity contribution >= 4 is 38.6 Å². The van der Waals surface area contributed by atoms with Crippen LogP contribution in [0, 0.1) is 17.6 Å². The van der Waals surface area contributed by atoms with Gasteiger partial charge in [-0.25, -0.2) is 13.6 Å². The van der Waals surface area contributed by atoms with Crippen LogP contribution in [0.15, 0.2) is 45.7 Å². The molecule has 3 aromatic rings. The molecule has 1 saturated carbocycles. The molecule has 1 fully saturated rings. The van der Waals surface area contributed by atoms with Gasteiger partial charge < -0.3 is 10.3 Å². The largest absolute Gasteiger partial charge is 0.326 e. The van der Waals surface area contributed by atoms with Gasteiger partial charge >= 0.3 is 5.69 Å². The van der Waals surface area contributed by atoms with E-state index < -0.39 is 11.6 Å². The Morgan fingerprint density at radius 3 is 2.57 bits per heavy atom. The highest BCUT2D eigenvalue weighted by Gasteiger charge is 2.29. The van der Waals surface area contributed by atoms with Crippen molar-refractivity contribution in [1.29, 1.82) is 0 Å². The van der Waals surface area contributed by atoms with Crippen molar-refractivity contribution in [1.82, 2.24) is 9.55 Å². The monoisotopic (exact) mass is 449 g/mol. The molecule has 2 N–H and O–H groups in total. The van der Waals surface area contributed by atoms with Gasteiger partial charge in [0.25, 0.3) is 0 Å². The first-order valence-corrected chi connectivity index (χ1v) is 9.88. The standard InChI is InChI=1S/C20H18BrF2N3O2/c21-14-2-1-3-17-18(14)25-20(28)26(17)13-7-4-11(5-8-13)19(27)24-12-6-9-15(22)16(23)10-12/h1-3,6,9-11,13H,4-5,7-8H2,(H,24,27)(H,25,28)/t11-,13+. The zero-order chi connectivity index (χ0) is 19.8. The maximum atomic E-state index is 13.3. The molecule has 0 spiro atoms. The number of carbonyl (C=O) groups excluding carboxylic acids is 1. The number of hydrogen-bond donors (Lipinski definition) is 2. The number of para-hydroxylation sites is 1. The van der Waals surface area contributed by atoms with Crippen LogP contribution in [0.4, 0.5) is 14.5 Å². The zero-order valence-electron chi connectivity index (χ0n) is 14.8. The highest BCUT2D eigenvalue weighted by atomic mass is 79.9. The van der Waals surface area contributed by atoms with Gasteiger partial charge in [0, 0.05) is 28.2 Å². The third-order valence-electron chi connectivity index (χ3n) is 5.32.